The second kappa shape index (κ2) is 5.09. The zero-order chi connectivity index (χ0) is 13.4. The fourth-order valence-corrected chi connectivity index (χ4v) is 3.19. The number of nitrogens with zero attached hydrogens (tertiary/aromatic N) is 2. The van der Waals surface area contributed by atoms with Gasteiger partial charge in [-0.3, -0.25) is 5.10 Å². The summed E-state index contributed by atoms with van der Waals surface area (Å²) in [5, 5.41) is 11.9. The highest BCUT2D eigenvalue weighted by atomic mass is 15.1. The fourth-order valence-electron chi connectivity index (χ4n) is 3.19. The first-order chi connectivity index (χ1) is 9.87. The molecule has 0 amide bonds. The van der Waals surface area contributed by atoms with Crippen LogP contribution in [0.5, 0.6) is 0 Å². The molecule has 106 valence electrons. The summed E-state index contributed by atoms with van der Waals surface area (Å²) < 4.78 is 0. The first kappa shape index (κ1) is 12.2. The number of aromatic nitrogens is 2. The lowest BCUT2D eigenvalue weighted by Gasteiger charge is -2.32. The predicted molar refractivity (Wildman–Crippen MR) is 81.9 cm³/mol. The Morgan fingerprint density at radius 3 is 2.85 bits per heavy atom. The van der Waals surface area contributed by atoms with Crippen LogP contribution in [0.2, 0.25) is 0 Å². The second-order valence-electron chi connectivity index (χ2n) is 6.33. The van der Waals surface area contributed by atoms with E-state index in [9.17, 15) is 0 Å². The Morgan fingerprint density at radius 1 is 1.20 bits per heavy atom. The highest BCUT2D eigenvalue weighted by molar-refractivity contribution is 5.81. The van der Waals surface area contributed by atoms with Gasteiger partial charge >= 0.3 is 0 Å². The Kier molecular flexibility index (Phi) is 3.11. The number of hydrogen-bond donors (Lipinski definition) is 2. The Bertz CT molecular complexity index is 579. The first-order valence-electron chi connectivity index (χ1n) is 7.79. The van der Waals surface area contributed by atoms with Crippen LogP contribution in [0.25, 0.3) is 10.9 Å². The molecule has 1 aromatic heterocycles. The monoisotopic (exact) mass is 270 g/mol. The molecule has 2 heterocycles. The number of fused-ring (bicyclic) bond motifs is 1. The predicted octanol–water partition coefficient (Wildman–Crippen LogP) is 2.85. The van der Waals surface area contributed by atoms with Gasteiger partial charge in [-0.15, -0.1) is 0 Å². The minimum absolute atomic E-state index is 0.620. The lowest BCUT2D eigenvalue weighted by Crippen LogP contribution is -2.39. The minimum Gasteiger partial charge on any atom is -0.382 e. The van der Waals surface area contributed by atoms with Gasteiger partial charge in [0.25, 0.3) is 0 Å². The maximum Gasteiger partial charge on any atom is 0.0651 e. The summed E-state index contributed by atoms with van der Waals surface area (Å²) in [4.78, 5) is 2.65. The van der Waals surface area contributed by atoms with Gasteiger partial charge in [0.2, 0.25) is 0 Å². The van der Waals surface area contributed by atoms with Gasteiger partial charge in [0.15, 0.2) is 0 Å². The Morgan fingerprint density at radius 2 is 2.05 bits per heavy atom. The van der Waals surface area contributed by atoms with E-state index in [0.29, 0.717) is 6.04 Å². The molecule has 20 heavy (non-hydrogen) atoms. The Hall–Kier alpha value is -1.55. The van der Waals surface area contributed by atoms with E-state index in [1.165, 1.54) is 56.4 Å². The van der Waals surface area contributed by atoms with Crippen LogP contribution in [0, 0.1) is 5.92 Å². The molecule has 1 aromatic carbocycles. The van der Waals surface area contributed by atoms with E-state index in [4.69, 9.17) is 0 Å². The highest BCUT2D eigenvalue weighted by Gasteiger charge is 2.26. The highest BCUT2D eigenvalue weighted by Crippen LogP contribution is 2.30. The second-order valence-corrected chi connectivity index (χ2v) is 6.33. The van der Waals surface area contributed by atoms with Crippen molar-refractivity contribution in [3.8, 4) is 0 Å². The van der Waals surface area contributed by atoms with Crippen molar-refractivity contribution in [1.82, 2.24) is 15.1 Å². The molecule has 4 heteroatoms. The van der Waals surface area contributed by atoms with Crippen molar-refractivity contribution in [2.45, 2.75) is 31.7 Å². The van der Waals surface area contributed by atoms with Gasteiger partial charge in [-0.05, 0) is 49.8 Å². The van der Waals surface area contributed by atoms with Gasteiger partial charge in [-0.25, -0.2) is 0 Å². The molecule has 2 aliphatic rings. The summed E-state index contributed by atoms with van der Waals surface area (Å²) in [6.45, 7) is 3.85. The molecule has 2 aromatic rings. The third-order valence-electron chi connectivity index (χ3n) is 4.61. The van der Waals surface area contributed by atoms with E-state index in [2.05, 4.69) is 38.6 Å². The molecule has 4 rings (SSSR count). The van der Waals surface area contributed by atoms with Crippen molar-refractivity contribution in [1.29, 1.82) is 0 Å². The average Bonchev–Trinajstić information content (AvgIpc) is 3.15. The third kappa shape index (κ3) is 2.66. The molecule has 4 nitrogen and oxygen atoms in total. The number of aromatic amines is 1. The summed E-state index contributed by atoms with van der Waals surface area (Å²) in [6.07, 6.45) is 7.33. The quantitative estimate of drug-likeness (QED) is 0.898. The number of rotatable bonds is 4. The number of H-pyrrole nitrogens is 1. The van der Waals surface area contributed by atoms with Gasteiger partial charge < -0.3 is 10.2 Å². The van der Waals surface area contributed by atoms with E-state index in [1.54, 1.807) is 0 Å². The number of piperidine rings is 1. The molecule has 1 saturated heterocycles. The number of anilines is 1. The van der Waals surface area contributed by atoms with Crippen LogP contribution < -0.4 is 5.32 Å². The standard InChI is InChI=1S/C16H22N4/c1-2-12(1)11-20-7-5-14(6-8-20)18-15-3-4-16-13(9-15)10-17-19-16/h3-4,9-10,12,14,18H,1-2,5-8,11H2,(H,17,19). The molecule has 0 atom stereocenters. The molecule has 1 aliphatic carbocycles. The van der Waals surface area contributed by atoms with Crippen molar-refractivity contribution in [3.05, 3.63) is 24.4 Å². The summed E-state index contributed by atoms with van der Waals surface area (Å²) in [5.41, 5.74) is 2.33. The lowest BCUT2D eigenvalue weighted by atomic mass is 10.0. The first-order valence-corrected chi connectivity index (χ1v) is 7.79. The molecule has 0 unspecified atom stereocenters. The fraction of sp³-hybridized carbons (Fsp3) is 0.562. The summed E-state index contributed by atoms with van der Waals surface area (Å²) in [7, 11) is 0. The van der Waals surface area contributed by atoms with Crippen molar-refractivity contribution in [2.24, 2.45) is 5.92 Å². The maximum absolute atomic E-state index is 4.07. The lowest BCUT2D eigenvalue weighted by molar-refractivity contribution is 0.211. The van der Waals surface area contributed by atoms with Crippen LogP contribution in [0.4, 0.5) is 5.69 Å². The normalized spacial score (nSPS) is 21.4. The van der Waals surface area contributed by atoms with E-state index in [1.807, 2.05) is 6.20 Å². The number of nitrogens with one attached hydrogen (secondary N) is 2. The average molecular weight is 270 g/mol. The molecule has 1 aliphatic heterocycles. The molecule has 2 N–H and O–H groups in total. The molecule has 1 saturated carbocycles. The molecular formula is C16H22N4. The maximum atomic E-state index is 4.07. The zero-order valence-electron chi connectivity index (χ0n) is 11.8. The Balaban J connectivity index is 1.34. The number of benzene rings is 1. The van der Waals surface area contributed by atoms with Crippen molar-refractivity contribution in [3.63, 3.8) is 0 Å². The van der Waals surface area contributed by atoms with Crippen LogP contribution in [-0.4, -0.2) is 40.8 Å². The Labute approximate surface area is 119 Å². The van der Waals surface area contributed by atoms with E-state index < -0.39 is 0 Å². The smallest absolute Gasteiger partial charge is 0.0651 e. The van der Waals surface area contributed by atoms with Gasteiger partial charge in [0.1, 0.15) is 0 Å². The van der Waals surface area contributed by atoms with Gasteiger partial charge in [-0.1, -0.05) is 0 Å². The van der Waals surface area contributed by atoms with Crippen LogP contribution in [0.15, 0.2) is 24.4 Å². The van der Waals surface area contributed by atoms with Crippen molar-refractivity contribution >= 4 is 16.6 Å². The SMILES string of the molecule is c1cc2[nH]ncc2cc1NC1CCN(CC2CC2)CC1. The van der Waals surface area contributed by atoms with Crippen LogP contribution in [0.1, 0.15) is 25.7 Å². The van der Waals surface area contributed by atoms with Gasteiger partial charge in [0.05, 0.1) is 11.7 Å². The summed E-state index contributed by atoms with van der Waals surface area (Å²) in [6, 6.07) is 7.06. The number of hydrogen-bond acceptors (Lipinski definition) is 3. The molecular weight excluding hydrogens is 248 g/mol. The molecule has 0 spiro atoms. The topological polar surface area (TPSA) is 44.0 Å². The van der Waals surface area contributed by atoms with E-state index >= 15 is 0 Å². The van der Waals surface area contributed by atoms with Crippen LogP contribution in [-0.2, 0) is 0 Å². The van der Waals surface area contributed by atoms with Gasteiger partial charge in [-0.2, -0.15) is 5.10 Å². The van der Waals surface area contributed by atoms with Crippen molar-refractivity contribution < 1.29 is 0 Å². The van der Waals surface area contributed by atoms with Crippen LogP contribution >= 0.6 is 0 Å². The van der Waals surface area contributed by atoms with Gasteiger partial charge in [0, 0.05) is 36.7 Å². The van der Waals surface area contributed by atoms with Crippen LogP contribution in [0.3, 0.4) is 0 Å². The van der Waals surface area contributed by atoms with E-state index in [0.717, 1.165) is 11.4 Å². The largest absolute Gasteiger partial charge is 0.382 e. The molecule has 0 radical (unpaired) electrons. The van der Waals surface area contributed by atoms with Crippen molar-refractivity contribution in [2.75, 3.05) is 25.0 Å². The minimum atomic E-state index is 0.620. The molecule has 2 fully saturated rings. The number of likely N-dealkylation sites (tertiary alicyclic amines) is 1. The molecule has 0 bridgehead atoms. The summed E-state index contributed by atoms with van der Waals surface area (Å²) >= 11 is 0. The summed E-state index contributed by atoms with van der Waals surface area (Å²) in [5.74, 6) is 1.02. The third-order valence-corrected chi connectivity index (χ3v) is 4.61. The van der Waals surface area contributed by atoms with E-state index in [-0.39, 0.29) is 0 Å². The zero-order valence-corrected chi connectivity index (χ0v) is 11.8.